The molecule has 6 heteroatoms. The molecule has 0 atom stereocenters. The lowest BCUT2D eigenvalue weighted by Crippen LogP contribution is -2.44. The molecule has 0 spiro atoms. The van der Waals surface area contributed by atoms with Crippen LogP contribution in [0.2, 0.25) is 0 Å². The first-order valence-electron chi connectivity index (χ1n) is 7.63. The van der Waals surface area contributed by atoms with Gasteiger partial charge >= 0.3 is 0 Å². The molecule has 2 heterocycles. The Morgan fingerprint density at radius 1 is 1.22 bits per heavy atom. The van der Waals surface area contributed by atoms with Crippen LogP contribution in [0, 0.1) is 11.6 Å². The van der Waals surface area contributed by atoms with Crippen molar-refractivity contribution in [1.29, 1.82) is 0 Å². The third-order valence-electron chi connectivity index (χ3n) is 4.18. The normalized spacial score (nSPS) is 15.8. The van der Waals surface area contributed by atoms with Gasteiger partial charge in [0.05, 0.1) is 11.8 Å². The highest BCUT2D eigenvalue weighted by Gasteiger charge is 2.24. The summed E-state index contributed by atoms with van der Waals surface area (Å²) in [6, 6.07) is 5.66. The number of furan rings is 1. The van der Waals surface area contributed by atoms with Crippen molar-refractivity contribution < 1.29 is 18.0 Å². The lowest BCUT2D eigenvalue weighted by molar-refractivity contribution is 0.0704. The van der Waals surface area contributed by atoms with E-state index in [9.17, 15) is 13.6 Å². The molecule has 1 aromatic carbocycles. The van der Waals surface area contributed by atoms with Crippen molar-refractivity contribution in [2.45, 2.75) is 25.4 Å². The lowest BCUT2D eigenvalue weighted by atomic mass is 10.0. The van der Waals surface area contributed by atoms with Crippen molar-refractivity contribution in [1.82, 2.24) is 10.2 Å². The van der Waals surface area contributed by atoms with Crippen LogP contribution in [0.15, 0.2) is 41.2 Å². The zero-order chi connectivity index (χ0) is 16.2. The SMILES string of the molecule is O=C(c1ccoc1)N1CCC(NCc2c(F)cccc2F)CC1. The molecular formula is C17H18F2N2O2. The van der Waals surface area contributed by atoms with E-state index in [4.69, 9.17) is 4.42 Å². The second kappa shape index (κ2) is 6.91. The Kier molecular flexibility index (Phi) is 4.71. The van der Waals surface area contributed by atoms with Gasteiger partial charge in [0.15, 0.2) is 0 Å². The fourth-order valence-electron chi connectivity index (χ4n) is 2.80. The Morgan fingerprint density at radius 3 is 2.52 bits per heavy atom. The smallest absolute Gasteiger partial charge is 0.257 e. The Balaban J connectivity index is 1.51. The van der Waals surface area contributed by atoms with E-state index < -0.39 is 11.6 Å². The van der Waals surface area contributed by atoms with Crippen molar-refractivity contribution in [3.8, 4) is 0 Å². The number of carbonyl (C=O) groups is 1. The van der Waals surface area contributed by atoms with Crippen LogP contribution in [0.25, 0.3) is 0 Å². The number of nitrogens with zero attached hydrogens (tertiary/aromatic N) is 1. The molecule has 2 aromatic rings. The molecule has 1 saturated heterocycles. The maximum Gasteiger partial charge on any atom is 0.257 e. The molecule has 1 fully saturated rings. The predicted octanol–water partition coefficient (Wildman–Crippen LogP) is 2.95. The van der Waals surface area contributed by atoms with Crippen LogP contribution >= 0.6 is 0 Å². The predicted molar refractivity (Wildman–Crippen MR) is 80.8 cm³/mol. The van der Waals surface area contributed by atoms with Crippen LogP contribution in [-0.4, -0.2) is 29.9 Å². The Hall–Kier alpha value is -2.21. The van der Waals surface area contributed by atoms with E-state index in [2.05, 4.69) is 5.32 Å². The summed E-state index contributed by atoms with van der Waals surface area (Å²) in [5, 5.41) is 3.18. The fourth-order valence-corrected chi connectivity index (χ4v) is 2.80. The minimum Gasteiger partial charge on any atom is -0.472 e. The first kappa shape index (κ1) is 15.7. The van der Waals surface area contributed by atoms with E-state index in [1.165, 1.54) is 30.7 Å². The standard InChI is InChI=1S/C17H18F2N2O2/c18-15-2-1-3-16(19)14(15)10-20-13-4-7-21(8-5-13)17(22)12-6-9-23-11-12/h1-3,6,9,11,13,20H,4-5,7-8,10H2. The van der Waals surface area contributed by atoms with Gasteiger partial charge in [0.25, 0.3) is 5.91 Å². The highest BCUT2D eigenvalue weighted by atomic mass is 19.1. The second-order valence-corrected chi connectivity index (χ2v) is 5.66. The van der Waals surface area contributed by atoms with Gasteiger partial charge in [0.1, 0.15) is 17.9 Å². The molecule has 0 unspecified atom stereocenters. The summed E-state index contributed by atoms with van der Waals surface area (Å²) in [7, 11) is 0. The monoisotopic (exact) mass is 320 g/mol. The molecule has 1 N–H and O–H groups in total. The molecule has 122 valence electrons. The van der Waals surface area contributed by atoms with Crippen LogP contribution in [0.5, 0.6) is 0 Å². The second-order valence-electron chi connectivity index (χ2n) is 5.66. The molecule has 0 saturated carbocycles. The number of likely N-dealkylation sites (tertiary alicyclic amines) is 1. The number of hydrogen-bond donors (Lipinski definition) is 1. The highest BCUT2D eigenvalue weighted by molar-refractivity contribution is 5.93. The number of carbonyl (C=O) groups excluding carboxylic acids is 1. The summed E-state index contributed by atoms with van der Waals surface area (Å²) in [6.07, 6.45) is 4.41. The maximum atomic E-state index is 13.6. The van der Waals surface area contributed by atoms with E-state index in [0.29, 0.717) is 18.7 Å². The summed E-state index contributed by atoms with van der Waals surface area (Å²) >= 11 is 0. The van der Waals surface area contributed by atoms with Gasteiger partial charge in [-0.15, -0.1) is 0 Å². The van der Waals surface area contributed by atoms with Gasteiger partial charge in [-0.3, -0.25) is 4.79 Å². The number of rotatable bonds is 4. The Labute approximate surface area is 133 Å². The number of benzene rings is 1. The van der Waals surface area contributed by atoms with E-state index in [1.807, 2.05) is 0 Å². The van der Waals surface area contributed by atoms with Crippen molar-refractivity contribution in [3.05, 3.63) is 59.6 Å². The molecule has 0 bridgehead atoms. The van der Waals surface area contributed by atoms with Crippen molar-refractivity contribution in [2.24, 2.45) is 0 Å². The largest absolute Gasteiger partial charge is 0.472 e. The molecule has 1 amide bonds. The van der Waals surface area contributed by atoms with Crippen molar-refractivity contribution in [2.75, 3.05) is 13.1 Å². The van der Waals surface area contributed by atoms with Crippen LogP contribution in [-0.2, 0) is 6.54 Å². The summed E-state index contributed by atoms with van der Waals surface area (Å²) in [5.41, 5.74) is 0.606. The van der Waals surface area contributed by atoms with Gasteiger partial charge in [-0.25, -0.2) is 8.78 Å². The van der Waals surface area contributed by atoms with Crippen molar-refractivity contribution >= 4 is 5.91 Å². The minimum atomic E-state index is -0.537. The van der Waals surface area contributed by atoms with Crippen LogP contribution in [0.4, 0.5) is 8.78 Å². The van der Waals surface area contributed by atoms with Gasteiger partial charge in [-0.1, -0.05) is 6.07 Å². The minimum absolute atomic E-state index is 0.0441. The molecule has 1 aliphatic rings. The van der Waals surface area contributed by atoms with Gasteiger partial charge in [-0.05, 0) is 31.0 Å². The van der Waals surface area contributed by atoms with E-state index >= 15 is 0 Å². The zero-order valence-electron chi connectivity index (χ0n) is 12.6. The third kappa shape index (κ3) is 3.59. The van der Waals surface area contributed by atoms with E-state index in [-0.39, 0.29) is 24.1 Å². The molecular weight excluding hydrogens is 302 g/mol. The summed E-state index contributed by atoms with van der Waals surface area (Å²) < 4.78 is 32.1. The average Bonchev–Trinajstić information content (AvgIpc) is 3.09. The van der Waals surface area contributed by atoms with Crippen LogP contribution < -0.4 is 5.32 Å². The van der Waals surface area contributed by atoms with Crippen LogP contribution in [0.1, 0.15) is 28.8 Å². The Bertz CT molecular complexity index is 645. The molecule has 0 radical (unpaired) electrons. The highest BCUT2D eigenvalue weighted by Crippen LogP contribution is 2.16. The average molecular weight is 320 g/mol. The van der Waals surface area contributed by atoms with Crippen LogP contribution in [0.3, 0.4) is 0 Å². The van der Waals surface area contributed by atoms with E-state index in [1.54, 1.807) is 11.0 Å². The first-order chi connectivity index (χ1) is 11.1. The molecule has 1 aromatic heterocycles. The topological polar surface area (TPSA) is 45.5 Å². The third-order valence-corrected chi connectivity index (χ3v) is 4.18. The Morgan fingerprint density at radius 2 is 1.91 bits per heavy atom. The maximum absolute atomic E-state index is 13.6. The van der Waals surface area contributed by atoms with Gasteiger partial charge in [0.2, 0.25) is 0 Å². The molecule has 0 aliphatic carbocycles. The number of halogens is 2. The van der Waals surface area contributed by atoms with Gasteiger partial charge in [-0.2, -0.15) is 0 Å². The fraction of sp³-hybridized carbons (Fsp3) is 0.353. The summed E-state index contributed by atoms with van der Waals surface area (Å²) in [4.78, 5) is 14.0. The number of piperidine rings is 1. The van der Waals surface area contributed by atoms with Gasteiger partial charge < -0.3 is 14.6 Å². The first-order valence-corrected chi connectivity index (χ1v) is 7.63. The number of hydrogen-bond acceptors (Lipinski definition) is 3. The molecule has 4 nitrogen and oxygen atoms in total. The van der Waals surface area contributed by atoms with E-state index in [0.717, 1.165) is 12.8 Å². The number of nitrogens with one attached hydrogen (secondary N) is 1. The number of amides is 1. The molecule has 3 rings (SSSR count). The molecule has 1 aliphatic heterocycles. The summed E-state index contributed by atoms with van der Waals surface area (Å²) in [6.45, 7) is 1.38. The lowest BCUT2D eigenvalue weighted by Gasteiger charge is -2.32. The quantitative estimate of drug-likeness (QED) is 0.942. The van der Waals surface area contributed by atoms with Crippen molar-refractivity contribution in [3.63, 3.8) is 0 Å². The zero-order valence-corrected chi connectivity index (χ0v) is 12.6. The summed E-state index contributed by atoms with van der Waals surface area (Å²) in [5.74, 6) is -1.12. The molecule has 23 heavy (non-hydrogen) atoms. The van der Waals surface area contributed by atoms with Gasteiger partial charge in [0, 0.05) is 31.2 Å².